The van der Waals surface area contributed by atoms with Gasteiger partial charge in [-0.15, -0.1) is 0 Å². The summed E-state index contributed by atoms with van der Waals surface area (Å²) in [6.07, 6.45) is -0.0971. The van der Waals surface area contributed by atoms with Crippen molar-refractivity contribution in [2.45, 2.75) is 6.42 Å². The van der Waals surface area contributed by atoms with Crippen molar-refractivity contribution in [3.63, 3.8) is 0 Å². The fourth-order valence-electron chi connectivity index (χ4n) is 1.45. The van der Waals surface area contributed by atoms with Gasteiger partial charge in [-0.25, -0.2) is 0 Å². The van der Waals surface area contributed by atoms with Gasteiger partial charge in [0.05, 0.1) is 32.3 Å². The van der Waals surface area contributed by atoms with E-state index in [2.05, 4.69) is 4.74 Å². The SMILES string of the molecule is COC(=O)CCN(C)S(=O)(=O)Oc1ccc(C#N)cc1OC. The van der Waals surface area contributed by atoms with Crippen LogP contribution in [-0.4, -0.2) is 46.5 Å². The minimum atomic E-state index is -4.11. The molecule has 0 atom stereocenters. The number of benzene rings is 1. The molecule has 0 aliphatic heterocycles. The molecule has 0 aliphatic rings. The molecule has 120 valence electrons. The van der Waals surface area contributed by atoms with E-state index in [1.807, 2.05) is 6.07 Å². The van der Waals surface area contributed by atoms with Crippen LogP contribution in [0.15, 0.2) is 18.2 Å². The number of esters is 1. The summed E-state index contributed by atoms with van der Waals surface area (Å²) >= 11 is 0. The number of hydrogen-bond donors (Lipinski definition) is 0. The quantitative estimate of drug-likeness (QED) is 0.678. The van der Waals surface area contributed by atoms with Crippen molar-refractivity contribution in [3.8, 4) is 17.6 Å². The van der Waals surface area contributed by atoms with E-state index in [4.69, 9.17) is 14.2 Å². The molecule has 1 aromatic rings. The van der Waals surface area contributed by atoms with Crippen molar-refractivity contribution in [2.24, 2.45) is 0 Å². The molecule has 0 N–H and O–H groups in total. The second-order valence-electron chi connectivity index (χ2n) is 4.17. The maximum atomic E-state index is 12.1. The molecule has 8 nitrogen and oxygen atoms in total. The van der Waals surface area contributed by atoms with Gasteiger partial charge >= 0.3 is 16.3 Å². The van der Waals surface area contributed by atoms with Gasteiger partial charge in [0.25, 0.3) is 0 Å². The Bertz CT molecular complexity index is 680. The number of methoxy groups -OCH3 is 2. The molecule has 0 unspecified atom stereocenters. The zero-order valence-electron chi connectivity index (χ0n) is 12.4. The van der Waals surface area contributed by atoms with E-state index >= 15 is 0 Å². The highest BCUT2D eigenvalue weighted by Gasteiger charge is 2.23. The molecular weight excluding hydrogens is 312 g/mol. The molecular formula is C13H16N2O6S. The number of carbonyl (C=O) groups is 1. The predicted molar refractivity (Wildman–Crippen MR) is 76.5 cm³/mol. The Morgan fingerprint density at radius 2 is 2.00 bits per heavy atom. The summed E-state index contributed by atoms with van der Waals surface area (Å²) in [5.41, 5.74) is 0.306. The summed E-state index contributed by atoms with van der Waals surface area (Å²) in [6, 6.07) is 5.99. The normalized spacial score (nSPS) is 10.9. The Kier molecular flexibility index (Phi) is 6.15. The van der Waals surface area contributed by atoms with Crippen LogP contribution < -0.4 is 8.92 Å². The molecule has 22 heavy (non-hydrogen) atoms. The third kappa shape index (κ3) is 4.61. The number of hydrogen-bond acceptors (Lipinski definition) is 7. The standard InChI is InChI=1S/C13H16N2O6S/c1-15(7-6-13(16)20-3)22(17,18)21-11-5-4-10(9-14)8-12(11)19-2/h4-5,8H,6-7H2,1-3H3. The van der Waals surface area contributed by atoms with Gasteiger partial charge in [0.1, 0.15) is 0 Å². The van der Waals surface area contributed by atoms with Crippen molar-refractivity contribution in [1.82, 2.24) is 4.31 Å². The highest BCUT2D eigenvalue weighted by atomic mass is 32.2. The van der Waals surface area contributed by atoms with Crippen LogP contribution in [0.1, 0.15) is 12.0 Å². The Hall–Kier alpha value is -2.31. The Morgan fingerprint density at radius 3 is 2.55 bits per heavy atom. The molecule has 0 heterocycles. The molecule has 0 fully saturated rings. The van der Waals surface area contributed by atoms with Crippen LogP contribution in [0.5, 0.6) is 11.5 Å². The number of rotatable bonds is 7. The summed E-state index contributed by atoms with van der Waals surface area (Å²) in [6.45, 7) is -0.0897. The second-order valence-corrected chi connectivity index (χ2v) is 5.81. The molecule has 0 radical (unpaired) electrons. The van der Waals surface area contributed by atoms with Crippen molar-refractivity contribution in [3.05, 3.63) is 23.8 Å². The van der Waals surface area contributed by atoms with Gasteiger partial charge in [-0.05, 0) is 12.1 Å². The van der Waals surface area contributed by atoms with Gasteiger partial charge in [-0.3, -0.25) is 4.79 Å². The van der Waals surface area contributed by atoms with Crippen molar-refractivity contribution >= 4 is 16.3 Å². The summed E-state index contributed by atoms with van der Waals surface area (Å²) in [5, 5.41) is 8.80. The van der Waals surface area contributed by atoms with E-state index in [-0.39, 0.29) is 24.5 Å². The van der Waals surface area contributed by atoms with Gasteiger partial charge < -0.3 is 13.7 Å². The summed E-state index contributed by atoms with van der Waals surface area (Å²) < 4.78 is 39.4. The fourth-order valence-corrected chi connectivity index (χ4v) is 2.25. The Labute approximate surface area is 129 Å². The van der Waals surface area contributed by atoms with Gasteiger partial charge in [0.15, 0.2) is 11.5 Å². The minimum absolute atomic E-state index is 0.0496. The molecule has 0 amide bonds. The maximum Gasteiger partial charge on any atom is 0.385 e. The number of ether oxygens (including phenoxy) is 2. The molecule has 0 aliphatic carbocycles. The first-order valence-corrected chi connectivity index (χ1v) is 7.51. The summed E-state index contributed by atoms with van der Waals surface area (Å²) in [4.78, 5) is 11.0. The number of nitriles is 1. The van der Waals surface area contributed by atoms with Gasteiger partial charge in [-0.1, -0.05) is 0 Å². The third-order valence-electron chi connectivity index (χ3n) is 2.73. The Morgan fingerprint density at radius 1 is 1.32 bits per heavy atom. The van der Waals surface area contributed by atoms with Gasteiger partial charge in [0.2, 0.25) is 0 Å². The molecule has 0 bridgehead atoms. The lowest BCUT2D eigenvalue weighted by atomic mass is 10.2. The van der Waals surface area contributed by atoms with Crippen LogP contribution in [0, 0.1) is 11.3 Å². The molecule has 0 saturated carbocycles. The van der Waals surface area contributed by atoms with E-state index in [9.17, 15) is 13.2 Å². The summed E-state index contributed by atoms with van der Waals surface area (Å²) in [7, 11) is -0.287. The first kappa shape index (κ1) is 17.7. The lowest BCUT2D eigenvalue weighted by molar-refractivity contribution is -0.140. The third-order valence-corrected chi connectivity index (χ3v) is 4.06. The molecule has 0 saturated heterocycles. The average Bonchev–Trinajstić information content (AvgIpc) is 2.52. The first-order valence-electron chi connectivity index (χ1n) is 6.14. The second kappa shape index (κ2) is 7.63. The van der Waals surface area contributed by atoms with Crippen LogP contribution in [0.3, 0.4) is 0 Å². The molecule has 0 aromatic heterocycles. The van der Waals surface area contributed by atoms with E-state index in [1.165, 1.54) is 39.5 Å². The minimum Gasteiger partial charge on any atom is -0.493 e. The highest BCUT2D eigenvalue weighted by molar-refractivity contribution is 7.84. The van der Waals surface area contributed by atoms with Crippen molar-refractivity contribution in [2.75, 3.05) is 27.8 Å². The fraction of sp³-hybridized carbons (Fsp3) is 0.385. The monoisotopic (exact) mass is 328 g/mol. The largest absolute Gasteiger partial charge is 0.493 e. The van der Waals surface area contributed by atoms with E-state index in [0.29, 0.717) is 5.56 Å². The molecule has 0 spiro atoms. The molecule has 9 heteroatoms. The topological polar surface area (TPSA) is 106 Å². The first-order chi connectivity index (χ1) is 10.3. The average molecular weight is 328 g/mol. The smallest absolute Gasteiger partial charge is 0.385 e. The van der Waals surface area contributed by atoms with E-state index in [0.717, 1.165) is 4.31 Å². The van der Waals surface area contributed by atoms with Gasteiger partial charge in [0, 0.05) is 19.7 Å². The van der Waals surface area contributed by atoms with Gasteiger partial charge in [-0.2, -0.15) is 18.0 Å². The Balaban J connectivity index is 2.88. The van der Waals surface area contributed by atoms with Crippen molar-refractivity contribution < 1.29 is 26.9 Å². The zero-order valence-corrected chi connectivity index (χ0v) is 13.2. The maximum absolute atomic E-state index is 12.1. The molecule has 1 aromatic carbocycles. The van der Waals surface area contributed by atoms with Crippen molar-refractivity contribution in [1.29, 1.82) is 5.26 Å². The van der Waals surface area contributed by atoms with E-state index < -0.39 is 16.3 Å². The summed E-state index contributed by atoms with van der Waals surface area (Å²) in [5.74, 6) is -0.464. The van der Waals surface area contributed by atoms with Crippen LogP contribution in [0.2, 0.25) is 0 Å². The van der Waals surface area contributed by atoms with Crippen LogP contribution in [0.4, 0.5) is 0 Å². The number of nitrogens with zero attached hydrogens (tertiary/aromatic N) is 2. The van der Waals surface area contributed by atoms with E-state index in [1.54, 1.807) is 0 Å². The van der Waals surface area contributed by atoms with Crippen LogP contribution in [-0.2, 0) is 19.8 Å². The highest BCUT2D eigenvalue weighted by Crippen LogP contribution is 2.29. The lowest BCUT2D eigenvalue weighted by Gasteiger charge is -2.17. The predicted octanol–water partition coefficient (Wildman–Crippen LogP) is 0.685. The number of carbonyl (C=O) groups excluding carboxylic acids is 1. The van der Waals surface area contributed by atoms with Crippen LogP contribution >= 0.6 is 0 Å². The zero-order chi connectivity index (χ0) is 16.8. The molecule has 1 rings (SSSR count). The van der Waals surface area contributed by atoms with Crippen LogP contribution in [0.25, 0.3) is 0 Å². The lowest BCUT2D eigenvalue weighted by Crippen LogP contribution is -2.33.